The molecule has 0 amide bonds. The Labute approximate surface area is 155 Å². The summed E-state index contributed by atoms with van der Waals surface area (Å²) in [6.07, 6.45) is 1.27. The maximum absolute atomic E-state index is 11.6. The number of anilines is 4. The second kappa shape index (κ2) is 7.37. The molecule has 7 nitrogen and oxygen atoms in total. The van der Waals surface area contributed by atoms with Crippen molar-refractivity contribution >= 4 is 40.3 Å². The van der Waals surface area contributed by atoms with Gasteiger partial charge in [0.15, 0.2) is 0 Å². The number of aryl methyl sites for hydroxylation is 2. The van der Waals surface area contributed by atoms with Gasteiger partial charge >= 0.3 is 5.69 Å². The van der Waals surface area contributed by atoms with Crippen LogP contribution in [0.25, 0.3) is 0 Å². The zero-order chi connectivity index (χ0) is 18.7. The molecule has 8 heteroatoms. The van der Waals surface area contributed by atoms with E-state index in [2.05, 4.69) is 20.6 Å². The Hall–Kier alpha value is -3.19. The molecule has 1 aromatic heterocycles. The summed E-state index contributed by atoms with van der Waals surface area (Å²) >= 11 is 5.86. The van der Waals surface area contributed by atoms with Crippen molar-refractivity contribution in [1.29, 1.82) is 0 Å². The molecule has 3 rings (SSSR count). The summed E-state index contributed by atoms with van der Waals surface area (Å²) < 4.78 is 0. The lowest BCUT2D eigenvalue weighted by Gasteiger charge is -2.11. The first-order valence-corrected chi connectivity index (χ1v) is 8.18. The quantitative estimate of drug-likeness (QED) is 0.477. The first-order chi connectivity index (χ1) is 12.4. The summed E-state index contributed by atoms with van der Waals surface area (Å²) in [5.41, 5.74) is 3.32. The average molecular weight is 370 g/mol. The number of nitrogens with zero attached hydrogens (tertiary/aromatic N) is 3. The summed E-state index contributed by atoms with van der Waals surface area (Å²) in [6.45, 7) is 3.98. The van der Waals surface area contributed by atoms with E-state index in [-0.39, 0.29) is 17.3 Å². The zero-order valence-electron chi connectivity index (χ0n) is 14.2. The van der Waals surface area contributed by atoms with Crippen LogP contribution in [0, 0.1) is 24.0 Å². The molecule has 26 heavy (non-hydrogen) atoms. The molecule has 0 aliphatic carbocycles. The highest BCUT2D eigenvalue weighted by Crippen LogP contribution is 2.33. The molecule has 0 bridgehead atoms. The standard InChI is InChI=1S/C18H16ClN5O2/c1-11-3-6-15(9-12(11)2)23-18-16(24(25)26)17(20-10-21-18)22-14-7-4-13(19)5-8-14/h3-10H,1-2H3,(H2,20,21,22,23). The second-order valence-electron chi connectivity index (χ2n) is 5.73. The van der Waals surface area contributed by atoms with Gasteiger partial charge in [-0.2, -0.15) is 0 Å². The number of benzene rings is 2. The van der Waals surface area contributed by atoms with Crippen molar-refractivity contribution in [2.75, 3.05) is 10.6 Å². The molecule has 0 unspecified atom stereocenters. The molecule has 0 atom stereocenters. The van der Waals surface area contributed by atoms with Crippen molar-refractivity contribution in [1.82, 2.24) is 9.97 Å². The molecule has 132 valence electrons. The van der Waals surface area contributed by atoms with Crippen molar-refractivity contribution in [2.45, 2.75) is 13.8 Å². The van der Waals surface area contributed by atoms with E-state index in [0.717, 1.165) is 11.1 Å². The fourth-order valence-corrected chi connectivity index (χ4v) is 2.49. The fourth-order valence-electron chi connectivity index (χ4n) is 2.36. The number of nitro groups is 1. The normalized spacial score (nSPS) is 10.4. The molecule has 0 saturated carbocycles. The summed E-state index contributed by atoms with van der Waals surface area (Å²) in [7, 11) is 0. The van der Waals surface area contributed by atoms with Gasteiger partial charge in [-0.1, -0.05) is 17.7 Å². The van der Waals surface area contributed by atoms with E-state index >= 15 is 0 Å². The first kappa shape index (κ1) is 17.6. The lowest BCUT2D eigenvalue weighted by molar-refractivity contribution is -0.383. The van der Waals surface area contributed by atoms with Crippen LogP contribution in [0.2, 0.25) is 5.02 Å². The Morgan fingerprint density at radius 3 is 2.08 bits per heavy atom. The molecular weight excluding hydrogens is 354 g/mol. The molecule has 0 radical (unpaired) electrons. The van der Waals surface area contributed by atoms with Crippen LogP contribution in [0.5, 0.6) is 0 Å². The van der Waals surface area contributed by atoms with Crippen LogP contribution >= 0.6 is 11.6 Å². The molecule has 0 fully saturated rings. The average Bonchev–Trinajstić information content (AvgIpc) is 2.60. The lowest BCUT2D eigenvalue weighted by atomic mass is 10.1. The van der Waals surface area contributed by atoms with Gasteiger partial charge in [-0.3, -0.25) is 10.1 Å². The van der Waals surface area contributed by atoms with Gasteiger partial charge < -0.3 is 10.6 Å². The molecular formula is C18H16ClN5O2. The van der Waals surface area contributed by atoms with E-state index in [1.54, 1.807) is 24.3 Å². The van der Waals surface area contributed by atoms with Crippen LogP contribution in [0.1, 0.15) is 11.1 Å². The molecule has 0 saturated heterocycles. The Morgan fingerprint density at radius 1 is 0.923 bits per heavy atom. The van der Waals surface area contributed by atoms with E-state index in [1.165, 1.54) is 6.33 Å². The van der Waals surface area contributed by atoms with Crippen LogP contribution in [-0.4, -0.2) is 14.9 Å². The van der Waals surface area contributed by atoms with E-state index in [4.69, 9.17) is 11.6 Å². The number of nitrogens with one attached hydrogen (secondary N) is 2. The smallest absolute Gasteiger partial charge is 0.334 e. The number of halogens is 1. The Bertz CT molecular complexity index is 960. The van der Waals surface area contributed by atoms with Crippen LogP contribution < -0.4 is 10.6 Å². The van der Waals surface area contributed by atoms with Gasteiger partial charge in [0.1, 0.15) is 6.33 Å². The monoisotopic (exact) mass is 369 g/mol. The topological polar surface area (TPSA) is 93.0 Å². The summed E-state index contributed by atoms with van der Waals surface area (Å²) in [5.74, 6) is 0.211. The van der Waals surface area contributed by atoms with Gasteiger partial charge in [-0.25, -0.2) is 9.97 Å². The molecule has 2 aromatic carbocycles. The fraction of sp³-hybridized carbons (Fsp3) is 0.111. The lowest BCUT2D eigenvalue weighted by Crippen LogP contribution is -2.05. The van der Waals surface area contributed by atoms with Crippen LogP contribution in [0.3, 0.4) is 0 Å². The number of rotatable bonds is 5. The maximum Gasteiger partial charge on any atom is 0.353 e. The third-order valence-electron chi connectivity index (χ3n) is 3.88. The molecule has 0 spiro atoms. The molecule has 3 aromatic rings. The van der Waals surface area contributed by atoms with Crippen LogP contribution in [0.4, 0.5) is 28.7 Å². The maximum atomic E-state index is 11.6. The van der Waals surface area contributed by atoms with Crippen molar-refractivity contribution in [3.05, 3.63) is 75.1 Å². The van der Waals surface area contributed by atoms with Crippen LogP contribution in [-0.2, 0) is 0 Å². The van der Waals surface area contributed by atoms with E-state index in [1.807, 2.05) is 32.0 Å². The van der Waals surface area contributed by atoms with Gasteiger partial charge in [0, 0.05) is 16.4 Å². The molecule has 2 N–H and O–H groups in total. The van der Waals surface area contributed by atoms with E-state index in [9.17, 15) is 10.1 Å². The Morgan fingerprint density at radius 2 is 1.50 bits per heavy atom. The van der Waals surface area contributed by atoms with Crippen molar-refractivity contribution in [3.8, 4) is 0 Å². The molecule has 0 aliphatic heterocycles. The van der Waals surface area contributed by atoms with Crippen molar-refractivity contribution in [2.24, 2.45) is 0 Å². The predicted octanol–water partition coefficient (Wildman–Crippen LogP) is 5.14. The van der Waals surface area contributed by atoms with Crippen LogP contribution in [0.15, 0.2) is 48.8 Å². The second-order valence-corrected chi connectivity index (χ2v) is 6.17. The van der Waals surface area contributed by atoms with E-state index < -0.39 is 4.92 Å². The molecule has 0 aliphatic rings. The number of aromatic nitrogens is 2. The van der Waals surface area contributed by atoms with Gasteiger partial charge in [0.2, 0.25) is 11.6 Å². The number of hydrogen-bond donors (Lipinski definition) is 2. The minimum Gasteiger partial charge on any atom is -0.334 e. The predicted molar refractivity (Wildman–Crippen MR) is 103 cm³/mol. The highest BCUT2D eigenvalue weighted by Gasteiger charge is 2.23. The van der Waals surface area contributed by atoms with E-state index in [0.29, 0.717) is 16.4 Å². The van der Waals surface area contributed by atoms with Crippen molar-refractivity contribution < 1.29 is 4.92 Å². The highest BCUT2D eigenvalue weighted by atomic mass is 35.5. The van der Waals surface area contributed by atoms with Gasteiger partial charge in [0.25, 0.3) is 0 Å². The van der Waals surface area contributed by atoms with Gasteiger partial charge in [-0.05, 0) is 61.4 Å². The first-order valence-electron chi connectivity index (χ1n) is 7.80. The Balaban J connectivity index is 1.96. The SMILES string of the molecule is Cc1ccc(Nc2ncnc(Nc3ccc(Cl)cc3)c2[N+](=O)[O-])cc1C. The van der Waals surface area contributed by atoms with Crippen molar-refractivity contribution in [3.63, 3.8) is 0 Å². The highest BCUT2D eigenvalue weighted by molar-refractivity contribution is 6.30. The Kier molecular flexibility index (Phi) is 4.99. The third kappa shape index (κ3) is 3.89. The largest absolute Gasteiger partial charge is 0.353 e. The number of hydrogen-bond acceptors (Lipinski definition) is 6. The van der Waals surface area contributed by atoms with Gasteiger partial charge in [-0.15, -0.1) is 0 Å². The minimum absolute atomic E-state index is 0.0960. The summed E-state index contributed by atoms with van der Waals surface area (Å²) in [5, 5.41) is 18.1. The van der Waals surface area contributed by atoms with Gasteiger partial charge in [0.05, 0.1) is 4.92 Å². The molecule has 1 heterocycles. The zero-order valence-corrected chi connectivity index (χ0v) is 14.9. The summed E-state index contributed by atoms with van der Waals surface area (Å²) in [6, 6.07) is 12.5. The minimum atomic E-state index is -0.512. The third-order valence-corrected chi connectivity index (χ3v) is 4.13. The summed E-state index contributed by atoms with van der Waals surface area (Å²) in [4.78, 5) is 19.2.